The minimum Gasteiger partial charge on any atom is -0.383 e. The van der Waals surface area contributed by atoms with E-state index in [9.17, 15) is 0 Å². The number of rotatable bonds is 5. The van der Waals surface area contributed by atoms with E-state index >= 15 is 0 Å². The quantitative estimate of drug-likeness (QED) is 0.904. The molecule has 0 bridgehead atoms. The lowest BCUT2D eigenvalue weighted by molar-refractivity contribution is 0.190. The monoisotopic (exact) mass is 337 g/mol. The van der Waals surface area contributed by atoms with Gasteiger partial charge in [-0.2, -0.15) is 0 Å². The number of imidazole rings is 1. The lowest BCUT2D eigenvalue weighted by Crippen LogP contribution is -2.22. The zero-order chi connectivity index (χ0) is 14.7. The zero-order valence-corrected chi connectivity index (χ0v) is 13.9. The summed E-state index contributed by atoms with van der Waals surface area (Å²) in [6, 6.07) is 6.51. The molecule has 0 aliphatic heterocycles. The Morgan fingerprint density at radius 1 is 1.35 bits per heavy atom. The standard InChI is InChI=1S/C15H20BrN3O/c1-10-5-13(16)7-14(6-10)19-8-11(2)17-15(19)18-12(3)9-20-4/h5-8,12H,9H2,1-4H3,(H,17,18). The highest BCUT2D eigenvalue weighted by Gasteiger charge is 2.11. The van der Waals surface area contributed by atoms with Crippen LogP contribution in [0.1, 0.15) is 18.2 Å². The third kappa shape index (κ3) is 3.61. The molecule has 1 N–H and O–H groups in total. The van der Waals surface area contributed by atoms with Crippen LogP contribution in [0.25, 0.3) is 5.69 Å². The molecular formula is C15H20BrN3O. The van der Waals surface area contributed by atoms with Crippen molar-refractivity contribution < 1.29 is 4.74 Å². The Hall–Kier alpha value is -1.33. The Kier molecular flexibility index (Phi) is 4.83. The normalized spacial score (nSPS) is 12.4. The van der Waals surface area contributed by atoms with E-state index in [1.165, 1.54) is 5.56 Å². The summed E-state index contributed by atoms with van der Waals surface area (Å²) in [4.78, 5) is 4.55. The fourth-order valence-corrected chi connectivity index (χ4v) is 2.76. The lowest BCUT2D eigenvalue weighted by Gasteiger charge is -2.15. The molecule has 0 fully saturated rings. The molecule has 0 saturated heterocycles. The van der Waals surface area contributed by atoms with Crippen molar-refractivity contribution in [3.05, 3.63) is 40.1 Å². The third-order valence-corrected chi connectivity index (χ3v) is 3.38. The summed E-state index contributed by atoms with van der Waals surface area (Å²) < 4.78 is 8.29. The maximum Gasteiger partial charge on any atom is 0.208 e. The summed E-state index contributed by atoms with van der Waals surface area (Å²) >= 11 is 3.54. The molecule has 20 heavy (non-hydrogen) atoms. The molecule has 5 heteroatoms. The summed E-state index contributed by atoms with van der Waals surface area (Å²) in [6.45, 7) is 6.79. The van der Waals surface area contributed by atoms with Gasteiger partial charge in [0, 0.05) is 29.5 Å². The Bertz CT molecular complexity index is 575. The van der Waals surface area contributed by atoms with Crippen molar-refractivity contribution in [2.45, 2.75) is 26.8 Å². The number of methoxy groups -OCH3 is 1. The zero-order valence-electron chi connectivity index (χ0n) is 12.3. The molecule has 0 spiro atoms. The van der Waals surface area contributed by atoms with Crippen LogP contribution in [-0.2, 0) is 4.74 Å². The Morgan fingerprint density at radius 3 is 2.75 bits per heavy atom. The molecule has 1 aromatic carbocycles. The summed E-state index contributed by atoms with van der Waals surface area (Å²) in [6.07, 6.45) is 2.03. The smallest absolute Gasteiger partial charge is 0.208 e. The van der Waals surface area contributed by atoms with Crippen LogP contribution < -0.4 is 5.32 Å². The van der Waals surface area contributed by atoms with E-state index in [2.05, 4.69) is 62.8 Å². The minimum absolute atomic E-state index is 0.203. The first-order chi connectivity index (χ1) is 9.49. The van der Waals surface area contributed by atoms with E-state index in [1.807, 2.05) is 13.1 Å². The molecule has 0 aliphatic rings. The van der Waals surface area contributed by atoms with Crippen molar-refractivity contribution in [3.8, 4) is 5.69 Å². The molecular weight excluding hydrogens is 318 g/mol. The van der Waals surface area contributed by atoms with Crippen LogP contribution in [0.3, 0.4) is 0 Å². The van der Waals surface area contributed by atoms with Gasteiger partial charge in [0.2, 0.25) is 5.95 Å². The molecule has 1 aromatic heterocycles. The van der Waals surface area contributed by atoms with Gasteiger partial charge in [-0.1, -0.05) is 15.9 Å². The molecule has 108 valence electrons. The Balaban J connectivity index is 2.36. The van der Waals surface area contributed by atoms with Crippen molar-refractivity contribution in [1.29, 1.82) is 0 Å². The molecule has 2 rings (SSSR count). The predicted molar refractivity (Wildman–Crippen MR) is 85.7 cm³/mol. The number of halogens is 1. The molecule has 4 nitrogen and oxygen atoms in total. The second-order valence-corrected chi connectivity index (χ2v) is 5.98. The van der Waals surface area contributed by atoms with E-state index in [1.54, 1.807) is 7.11 Å². The van der Waals surface area contributed by atoms with E-state index in [4.69, 9.17) is 4.74 Å². The maximum atomic E-state index is 5.16. The Morgan fingerprint density at radius 2 is 2.10 bits per heavy atom. The summed E-state index contributed by atoms with van der Waals surface area (Å²) in [5.74, 6) is 0.838. The molecule has 0 aliphatic carbocycles. The summed E-state index contributed by atoms with van der Waals surface area (Å²) in [7, 11) is 1.70. The number of nitrogens with one attached hydrogen (secondary N) is 1. The van der Waals surface area contributed by atoms with Crippen molar-refractivity contribution in [3.63, 3.8) is 0 Å². The number of aromatic nitrogens is 2. The van der Waals surface area contributed by atoms with Crippen molar-refractivity contribution in [2.75, 3.05) is 19.0 Å². The fourth-order valence-electron chi connectivity index (χ4n) is 2.16. The van der Waals surface area contributed by atoms with Gasteiger partial charge in [0.25, 0.3) is 0 Å². The highest BCUT2D eigenvalue weighted by atomic mass is 79.9. The molecule has 1 atom stereocenters. The number of hydrogen-bond acceptors (Lipinski definition) is 3. The molecule has 0 radical (unpaired) electrons. The number of hydrogen-bond donors (Lipinski definition) is 1. The number of benzene rings is 1. The second kappa shape index (κ2) is 6.41. The summed E-state index contributed by atoms with van der Waals surface area (Å²) in [5, 5.41) is 3.38. The van der Waals surface area contributed by atoms with Gasteiger partial charge in [0.15, 0.2) is 0 Å². The van der Waals surface area contributed by atoms with Gasteiger partial charge in [-0.25, -0.2) is 4.98 Å². The molecule has 2 aromatic rings. The molecule has 0 saturated carbocycles. The molecule has 1 heterocycles. The average Bonchev–Trinajstić information content (AvgIpc) is 2.69. The van der Waals surface area contributed by atoms with Crippen LogP contribution in [0, 0.1) is 13.8 Å². The average molecular weight is 338 g/mol. The fraction of sp³-hybridized carbons (Fsp3) is 0.400. The van der Waals surface area contributed by atoms with Gasteiger partial charge in [-0.05, 0) is 44.5 Å². The van der Waals surface area contributed by atoms with E-state index < -0.39 is 0 Å². The largest absolute Gasteiger partial charge is 0.383 e. The Labute approximate surface area is 128 Å². The van der Waals surface area contributed by atoms with E-state index in [0.717, 1.165) is 21.8 Å². The van der Waals surface area contributed by atoms with E-state index in [-0.39, 0.29) is 6.04 Å². The van der Waals surface area contributed by atoms with Crippen molar-refractivity contribution >= 4 is 21.9 Å². The first-order valence-electron chi connectivity index (χ1n) is 6.58. The highest BCUT2D eigenvalue weighted by Crippen LogP contribution is 2.22. The first kappa shape index (κ1) is 15.1. The van der Waals surface area contributed by atoms with Gasteiger partial charge >= 0.3 is 0 Å². The SMILES string of the molecule is COCC(C)Nc1nc(C)cn1-c1cc(C)cc(Br)c1. The number of aryl methyl sites for hydroxylation is 2. The number of nitrogens with zero attached hydrogens (tertiary/aromatic N) is 2. The van der Waals surface area contributed by atoms with Gasteiger partial charge in [0.1, 0.15) is 0 Å². The summed E-state index contributed by atoms with van der Waals surface area (Å²) in [5.41, 5.74) is 3.27. The predicted octanol–water partition coefficient (Wildman–Crippen LogP) is 3.70. The van der Waals surface area contributed by atoms with Crippen LogP contribution in [0.4, 0.5) is 5.95 Å². The van der Waals surface area contributed by atoms with Gasteiger partial charge in [-0.3, -0.25) is 4.57 Å². The van der Waals surface area contributed by atoms with Crippen LogP contribution in [0.15, 0.2) is 28.9 Å². The van der Waals surface area contributed by atoms with Gasteiger partial charge in [0.05, 0.1) is 12.3 Å². The minimum atomic E-state index is 0.203. The molecule has 0 amide bonds. The third-order valence-electron chi connectivity index (χ3n) is 2.92. The van der Waals surface area contributed by atoms with Crippen LogP contribution in [0.2, 0.25) is 0 Å². The highest BCUT2D eigenvalue weighted by molar-refractivity contribution is 9.10. The van der Waals surface area contributed by atoms with Gasteiger partial charge < -0.3 is 10.1 Å². The number of anilines is 1. The van der Waals surface area contributed by atoms with Crippen LogP contribution >= 0.6 is 15.9 Å². The van der Waals surface area contributed by atoms with Crippen molar-refractivity contribution in [1.82, 2.24) is 9.55 Å². The van der Waals surface area contributed by atoms with E-state index in [0.29, 0.717) is 6.61 Å². The second-order valence-electron chi connectivity index (χ2n) is 5.06. The number of ether oxygens (including phenoxy) is 1. The van der Waals surface area contributed by atoms with Crippen LogP contribution in [0.5, 0.6) is 0 Å². The van der Waals surface area contributed by atoms with Crippen LogP contribution in [-0.4, -0.2) is 29.3 Å². The molecule has 1 unspecified atom stereocenters. The first-order valence-corrected chi connectivity index (χ1v) is 7.38. The topological polar surface area (TPSA) is 39.1 Å². The lowest BCUT2D eigenvalue weighted by atomic mass is 10.2. The van der Waals surface area contributed by atoms with Gasteiger partial charge in [-0.15, -0.1) is 0 Å². The van der Waals surface area contributed by atoms with Crippen molar-refractivity contribution in [2.24, 2.45) is 0 Å². The maximum absolute atomic E-state index is 5.16.